The predicted octanol–water partition coefficient (Wildman–Crippen LogP) is 2.86. The largest absolute Gasteiger partial charge is 0.496 e. The van der Waals surface area contributed by atoms with Crippen LogP contribution < -0.4 is 4.74 Å². The number of hydrogen-bond acceptors (Lipinski definition) is 3. The first-order chi connectivity index (χ1) is 10.6. The number of nitrogens with zero attached hydrogens (tertiary/aromatic N) is 1. The van der Waals surface area contributed by atoms with Gasteiger partial charge in [0.2, 0.25) is 5.91 Å². The van der Waals surface area contributed by atoms with Gasteiger partial charge in [0.15, 0.2) is 0 Å². The van der Waals surface area contributed by atoms with Crippen LogP contribution in [0.1, 0.15) is 44.2 Å². The minimum Gasteiger partial charge on any atom is -0.496 e. The van der Waals surface area contributed by atoms with Crippen molar-refractivity contribution >= 4 is 11.9 Å². The first kappa shape index (κ1) is 16.3. The van der Waals surface area contributed by atoms with Crippen molar-refractivity contribution < 1.29 is 19.4 Å². The summed E-state index contributed by atoms with van der Waals surface area (Å²) in [7, 11) is 1.57. The molecule has 0 spiro atoms. The lowest BCUT2D eigenvalue weighted by atomic mass is 9.83. The Morgan fingerprint density at radius 1 is 1.41 bits per heavy atom. The fourth-order valence-corrected chi connectivity index (χ4v) is 3.10. The molecule has 5 heteroatoms. The molecule has 1 aliphatic heterocycles. The number of carboxylic acid groups (broad SMARTS) is 1. The Morgan fingerprint density at radius 3 is 2.77 bits per heavy atom. The molecule has 5 nitrogen and oxygen atoms in total. The van der Waals surface area contributed by atoms with Gasteiger partial charge in [-0.15, -0.1) is 0 Å². The van der Waals surface area contributed by atoms with Crippen LogP contribution in [0.15, 0.2) is 24.3 Å². The van der Waals surface area contributed by atoms with Gasteiger partial charge in [0.05, 0.1) is 19.1 Å². The molecule has 2 rings (SSSR count). The summed E-state index contributed by atoms with van der Waals surface area (Å²) in [5.41, 5.74) is 0.779. The van der Waals surface area contributed by atoms with E-state index in [0.29, 0.717) is 25.1 Å². The van der Waals surface area contributed by atoms with Crippen LogP contribution in [0, 0.1) is 5.92 Å². The molecule has 0 radical (unpaired) electrons. The minimum absolute atomic E-state index is 0.0295. The summed E-state index contributed by atoms with van der Waals surface area (Å²) < 4.78 is 5.38. The predicted molar refractivity (Wildman–Crippen MR) is 82.7 cm³/mol. The molecule has 1 fully saturated rings. The van der Waals surface area contributed by atoms with Gasteiger partial charge in [-0.25, -0.2) is 0 Å². The van der Waals surface area contributed by atoms with Gasteiger partial charge in [-0.05, 0) is 18.9 Å². The van der Waals surface area contributed by atoms with Gasteiger partial charge in [0.1, 0.15) is 5.75 Å². The molecule has 1 aliphatic rings. The number of methoxy groups -OCH3 is 1. The topological polar surface area (TPSA) is 66.8 Å². The van der Waals surface area contributed by atoms with E-state index in [1.165, 1.54) is 0 Å². The third kappa shape index (κ3) is 3.24. The zero-order chi connectivity index (χ0) is 16.1. The molecule has 1 aromatic rings. The summed E-state index contributed by atoms with van der Waals surface area (Å²) in [5.74, 6) is -0.785. The van der Waals surface area contributed by atoms with E-state index in [1.54, 1.807) is 12.0 Å². The normalized spacial score (nSPS) is 21.7. The third-order valence-corrected chi connectivity index (χ3v) is 4.23. The van der Waals surface area contributed by atoms with Gasteiger partial charge in [0.25, 0.3) is 0 Å². The third-order valence-electron chi connectivity index (χ3n) is 4.23. The lowest BCUT2D eigenvalue weighted by Gasteiger charge is -2.40. The number of carbonyl (C=O) groups excluding carboxylic acids is 1. The minimum atomic E-state index is -0.857. The summed E-state index contributed by atoms with van der Waals surface area (Å²) >= 11 is 0. The second-order valence-corrected chi connectivity index (χ2v) is 5.61. The van der Waals surface area contributed by atoms with E-state index in [-0.39, 0.29) is 5.91 Å². The smallest absolute Gasteiger partial charge is 0.308 e. The number of likely N-dealkylation sites (tertiary alicyclic amines) is 1. The van der Waals surface area contributed by atoms with E-state index >= 15 is 0 Å². The Hall–Kier alpha value is -2.04. The standard InChI is InChI=1S/C17H23NO4/c1-3-4-11-18-15(19)10-9-13(17(20)21)16(18)12-7-5-6-8-14(12)22-2/h5-8,13,16H,3-4,9-11H2,1-2H3,(H,20,21)/t13-,16+/m0/s1. The second-order valence-electron chi connectivity index (χ2n) is 5.61. The lowest BCUT2D eigenvalue weighted by molar-refractivity contribution is -0.152. The average Bonchev–Trinajstić information content (AvgIpc) is 2.53. The number of piperidine rings is 1. The number of hydrogen-bond donors (Lipinski definition) is 1. The molecule has 22 heavy (non-hydrogen) atoms. The molecule has 0 aliphatic carbocycles. The van der Waals surface area contributed by atoms with Crippen LogP contribution in [0.2, 0.25) is 0 Å². The molecule has 2 atom stereocenters. The van der Waals surface area contributed by atoms with Crippen LogP contribution in [0.4, 0.5) is 0 Å². The number of unbranched alkanes of at least 4 members (excludes halogenated alkanes) is 1. The van der Waals surface area contributed by atoms with Crippen molar-refractivity contribution in [2.75, 3.05) is 13.7 Å². The maximum Gasteiger partial charge on any atom is 0.308 e. The number of benzene rings is 1. The Balaban J connectivity index is 2.44. The monoisotopic (exact) mass is 305 g/mol. The van der Waals surface area contributed by atoms with Crippen LogP contribution >= 0.6 is 0 Å². The number of carbonyl (C=O) groups is 2. The van der Waals surface area contributed by atoms with Crippen molar-refractivity contribution in [2.24, 2.45) is 5.92 Å². The van der Waals surface area contributed by atoms with Crippen LogP contribution in [0.3, 0.4) is 0 Å². The number of aliphatic carboxylic acids is 1. The molecule has 1 saturated heterocycles. The first-order valence-corrected chi connectivity index (χ1v) is 7.75. The molecule has 1 heterocycles. The first-order valence-electron chi connectivity index (χ1n) is 7.75. The lowest BCUT2D eigenvalue weighted by Crippen LogP contribution is -2.45. The zero-order valence-corrected chi connectivity index (χ0v) is 13.1. The summed E-state index contributed by atoms with van der Waals surface area (Å²) in [4.78, 5) is 25.8. The van der Waals surface area contributed by atoms with Gasteiger partial charge in [-0.1, -0.05) is 31.5 Å². The molecule has 0 aromatic heterocycles. The van der Waals surface area contributed by atoms with E-state index in [1.807, 2.05) is 24.3 Å². The number of carboxylic acids is 1. The molecule has 1 amide bonds. The van der Waals surface area contributed by atoms with Crippen molar-refractivity contribution in [1.82, 2.24) is 4.90 Å². The fourth-order valence-electron chi connectivity index (χ4n) is 3.10. The maximum atomic E-state index is 12.3. The van der Waals surface area contributed by atoms with E-state index in [2.05, 4.69) is 6.92 Å². The van der Waals surface area contributed by atoms with E-state index in [0.717, 1.165) is 18.4 Å². The van der Waals surface area contributed by atoms with Gasteiger partial charge in [-0.3, -0.25) is 9.59 Å². The zero-order valence-electron chi connectivity index (χ0n) is 13.1. The summed E-state index contributed by atoms with van der Waals surface area (Å²) in [5, 5.41) is 9.58. The molecule has 120 valence electrons. The van der Waals surface area contributed by atoms with E-state index in [4.69, 9.17) is 4.74 Å². The number of rotatable bonds is 6. The van der Waals surface area contributed by atoms with Crippen molar-refractivity contribution in [2.45, 2.75) is 38.6 Å². The molecular formula is C17H23NO4. The highest BCUT2D eigenvalue weighted by atomic mass is 16.5. The summed E-state index contributed by atoms with van der Waals surface area (Å²) in [6.07, 6.45) is 2.50. The van der Waals surface area contributed by atoms with Crippen molar-refractivity contribution in [3.63, 3.8) is 0 Å². The number of ether oxygens (including phenoxy) is 1. The van der Waals surface area contributed by atoms with Crippen LogP contribution in [0.5, 0.6) is 5.75 Å². The quantitative estimate of drug-likeness (QED) is 0.877. The SMILES string of the molecule is CCCCN1C(=O)CC[C@H](C(=O)O)[C@H]1c1ccccc1OC. The van der Waals surface area contributed by atoms with Crippen molar-refractivity contribution in [3.05, 3.63) is 29.8 Å². The number of amides is 1. The Bertz CT molecular complexity index is 543. The number of para-hydroxylation sites is 1. The fraction of sp³-hybridized carbons (Fsp3) is 0.529. The highest BCUT2D eigenvalue weighted by molar-refractivity contribution is 5.82. The molecule has 0 unspecified atom stereocenters. The van der Waals surface area contributed by atoms with Crippen molar-refractivity contribution in [1.29, 1.82) is 0 Å². The Kier molecular flexibility index (Phi) is 5.41. The molecule has 1 N–H and O–H groups in total. The van der Waals surface area contributed by atoms with Gasteiger partial charge in [-0.2, -0.15) is 0 Å². The summed E-state index contributed by atoms with van der Waals surface area (Å²) in [6.45, 7) is 2.64. The highest BCUT2D eigenvalue weighted by Crippen LogP contribution is 2.40. The second kappa shape index (κ2) is 7.29. The molecule has 0 saturated carbocycles. The Morgan fingerprint density at radius 2 is 2.14 bits per heavy atom. The van der Waals surface area contributed by atoms with Crippen LogP contribution in [0.25, 0.3) is 0 Å². The highest BCUT2D eigenvalue weighted by Gasteiger charge is 2.41. The van der Waals surface area contributed by atoms with Crippen LogP contribution in [-0.4, -0.2) is 35.5 Å². The molecule has 1 aromatic carbocycles. The Labute approximate surface area is 130 Å². The van der Waals surface area contributed by atoms with Gasteiger partial charge >= 0.3 is 5.97 Å². The average molecular weight is 305 g/mol. The molecule has 0 bridgehead atoms. The van der Waals surface area contributed by atoms with Crippen molar-refractivity contribution in [3.8, 4) is 5.75 Å². The van der Waals surface area contributed by atoms with Gasteiger partial charge < -0.3 is 14.7 Å². The van der Waals surface area contributed by atoms with E-state index in [9.17, 15) is 14.7 Å². The maximum absolute atomic E-state index is 12.3. The van der Waals surface area contributed by atoms with E-state index < -0.39 is 17.9 Å². The molecular weight excluding hydrogens is 282 g/mol. The summed E-state index contributed by atoms with van der Waals surface area (Å²) in [6, 6.07) is 6.91. The van der Waals surface area contributed by atoms with Crippen LogP contribution in [-0.2, 0) is 9.59 Å². The van der Waals surface area contributed by atoms with Gasteiger partial charge in [0, 0.05) is 18.5 Å².